The highest BCUT2D eigenvalue weighted by Gasteiger charge is 2.26. The second-order valence-electron chi connectivity index (χ2n) is 2.83. The predicted molar refractivity (Wildman–Crippen MR) is 46.6 cm³/mol. The summed E-state index contributed by atoms with van der Waals surface area (Å²) in [5.41, 5.74) is 1.07. The number of terminal acetylenes is 1. The highest BCUT2D eigenvalue weighted by atomic mass is 32.1. The Hall–Kier alpha value is -0.810. The van der Waals surface area contributed by atoms with Crippen LogP contribution in [0, 0.1) is 12.3 Å². The van der Waals surface area contributed by atoms with E-state index in [1.54, 1.807) is 11.3 Å². The molecule has 0 radical (unpaired) electrons. The van der Waals surface area contributed by atoms with Crippen molar-refractivity contribution in [3.63, 3.8) is 0 Å². The van der Waals surface area contributed by atoms with Crippen LogP contribution in [0.2, 0.25) is 0 Å². The van der Waals surface area contributed by atoms with Crippen molar-refractivity contribution < 1.29 is 0 Å². The van der Waals surface area contributed by atoms with Gasteiger partial charge in [0.15, 0.2) is 0 Å². The van der Waals surface area contributed by atoms with Crippen molar-refractivity contribution in [3.05, 3.63) is 16.1 Å². The average molecular weight is 163 g/mol. The Morgan fingerprint density at radius 1 is 1.73 bits per heavy atom. The number of hydrogen-bond acceptors (Lipinski definition) is 2. The van der Waals surface area contributed by atoms with Gasteiger partial charge in [-0.25, -0.2) is 4.98 Å². The summed E-state index contributed by atoms with van der Waals surface area (Å²) in [4.78, 5) is 4.44. The fourth-order valence-corrected chi connectivity index (χ4v) is 2.02. The van der Waals surface area contributed by atoms with E-state index in [-0.39, 0.29) is 0 Å². The molecule has 1 aliphatic rings. The van der Waals surface area contributed by atoms with Gasteiger partial charge in [0.05, 0.1) is 17.1 Å². The lowest BCUT2D eigenvalue weighted by molar-refractivity contribution is 1.04. The topological polar surface area (TPSA) is 12.9 Å². The molecule has 11 heavy (non-hydrogen) atoms. The first-order valence-electron chi connectivity index (χ1n) is 3.78. The van der Waals surface area contributed by atoms with Gasteiger partial charge >= 0.3 is 0 Å². The third kappa shape index (κ3) is 1.44. The van der Waals surface area contributed by atoms with Gasteiger partial charge < -0.3 is 0 Å². The van der Waals surface area contributed by atoms with Gasteiger partial charge in [-0.1, -0.05) is 0 Å². The summed E-state index contributed by atoms with van der Waals surface area (Å²) < 4.78 is 0. The van der Waals surface area contributed by atoms with Gasteiger partial charge in [-0.2, -0.15) is 0 Å². The lowest BCUT2D eigenvalue weighted by Crippen LogP contribution is -1.82. The normalized spacial score (nSPS) is 16.3. The largest absolute Gasteiger partial charge is 0.245 e. The number of rotatable bonds is 2. The van der Waals surface area contributed by atoms with E-state index in [0.717, 1.165) is 11.6 Å². The molecule has 56 valence electrons. The van der Waals surface area contributed by atoms with Crippen LogP contribution in [-0.4, -0.2) is 4.98 Å². The van der Waals surface area contributed by atoms with Crippen molar-refractivity contribution in [1.29, 1.82) is 0 Å². The zero-order valence-electron chi connectivity index (χ0n) is 6.21. The monoisotopic (exact) mass is 163 g/mol. The maximum absolute atomic E-state index is 5.18. The summed E-state index contributed by atoms with van der Waals surface area (Å²) in [5.74, 6) is 3.37. The van der Waals surface area contributed by atoms with Crippen LogP contribution in [0.5, 0.6) is 0 Å². The summed E-state index contributed by atoms with van der Waals surface area (Å²) in [6.07, 6.45) is 8.50. The van der Waals surface area contributed by atoms with Crippen molar-refractivity contribution >= 4 is 11.3 Å². The maximum atomic E-state index is 5.18. The van der Waals surface area contributed by atoms with E-state index in [2.05, 4.69) is 16.3 Å². The Kier molecular flexibility index (Phi) is 1.67. The zero-order chi connectivity index (χ0) is 7.68. The number of aromatic nitrogens is 1. The van der Waals surface area contributed by atoms with Crippen LogP contribution in [0.25, 0.3) is 0 Å². The van der Waals surface area contributed by atoms with Crippen LogP contribution in [0.4, 0.5) is 0 Å². The molecule has 0 aliphatic heterocycles. The summed E-state index contributed by atoms with van der Waals surface area (Å²) in [7, 11) is 0. The van der Waals surface area contributed by atoms with Crippen molar-refractivity contribution in [2.45, 2.75) is 25.2 Å². The summed E-state index contributed by atoms with van der Waals surface area (Å²) >= 11 is 1.75. The molecule has 0 amide bonds. The van der Waals surface area contributed by atoms with Crippen molar-refractivity contribution in [2.24, 2.45) is 0 Å². The minimum Gasteiger partial charge on any atom is -0.245 e. The van der Waals surface area contributed by atoms with Crippen LogP contribution < -0.4 is 0 Å². The van der Waals surface area contributed by atoms with Crippen LogP contribution in [-0.2, 0) is 6.42 Å². The van der Waals surface area contributed by atoms with E-state index in [1.807, 2.05) is 0 Å². The number of thiazole rings is 1. The Morgan fingerprint density at radius 2 is 2.55 bits per heavy atom. The minimum atomic E-state index is 0.684. The molecule has 0 N–H and O–H groups in total. The second kappa shape index (κ2) is 2.67. The van der Waals surface area contributed by atoms with Gasteiger partial charge in [0.1, 0.15) is 0 Å². The molecule has 1 saturated carbocycles. The fraction of sp³-hybridized carbons (Fsp3) is 0.444. The first kappa shape index (κ1) is 6.87. The molecule has 1 nitrogen and oxygen atoms in total. The fourth-order valence-electron chi connectivity index (χ4n) is 1.03. The highest BCUT2D eigenvalue weighted by molar-refractivity contribution is 7.09. The molecule has 0 bridgehead atoms. The van der Waals surface area contributed by atoms with E-state index in [0.29, 0.717) is 6.42 Å². The summed E-state index contributed by atoms with van der Waals surface area (Å²) in [5, 5.41) is 3.36. The molecule has 0 spiro atoms. The van der Waals surface area contributed by atoms with Crippen LogP contribution >= 0.6 is 11.3 Å². The third-order valence-electron chi connectivity index (χ3n) is 1.78. The zero-order valence-corrected chi connectivity index (χ0v) is 7.03. The van der Waals surface area contributed by atoms with E-state index < -0.39 is 0 Å². The Bertz CT molecular complexity index is 291. The van der Waals surface area contributed by atoms with Gasteiger partial charge in [-0.3, -0.25) is 0 Å². The van der Waals surface area contributed by atoms with Gasteiger partial charge in [-0.15, -0.1) is 23.7 Å². The van der Waals surface area contributed by atoms with Gasteiger partial charge in [-0.05, 0) is 12.8 Å². The molecule has 1 aromatic heterocycles. The number of hydrogen-bond donors (Lipinski definition) is 0. The lowest BCUT2D eigenvalue weighted by atomic mass is 10.3. The molecule has 1 fully saturated rings. The Labute approximate surface area is 70.5 Å². The van der Waals surface area contributed by atoms with Crippen molar-refractivity contribution in [2.75, 3.05) is 0 Å². The van der Waals surface area contributed by atoms with E-state index in [4.69, 9.17) is 6.42 Å². The number of nitrogens with zero attached hydrogens (tertiary/aromatic N) is 1. The van der Waals surface area contributed by atoms with Gasteiger partial charge in [0.2, 0.25) is 0 Å². The first-order valence-corrected chi connectivity index (χ1v) is 4.66. The van der Waals surface area contributed by atoms with Crippen molar-refractivity contribution in [1.82, 2.24) is 4.98 Å². The SMILES string of the molecule is C#CCc1csc(C2CC2)n1. The molecule has 0 saturated heterocycles. The molecule has 2 rings (SSSR count). The maximum Gasteiger partial charge on any atom is 0.0959 e. The van der Waals surface area contributed by atoms with Crippen molar-refractivity contribution in [3.8, 4) is 12.3 Å². The molecule has 1 aliphatic carbocycles. The summed E-state index contributed by atoms with van der Waals surface area (Å²) in [6, 6.07) is 0. The third-order valence-corrected chi connectivity index (χ3v) is 2.84. The van der Waals surface area contributed by atoms with E-state index >= 15 is 0 Å². The minimum absolute atomic E-state index is 0.684. The van der Waals surface area contributed by atoms with E-state index in [1.165, 1.54) is 17.8 Å². The molecule has 0 aromatic carbocycles. The molecule has 0 unspecified atom stereocenters. The Balaban J connectivity index is 2.13. The van der Waals surface area contributed by atoms with Gasteiger partial charge in [0.25, 0.3) is 0 Å². The molecule has 1 heterocycles. The Morgan fingerprint density at radius 3 is 3.18 bits per heavy atom. The highest BCUT2D eigenvalue weighted by Crippen LogP contribution is 2.41. The average Bonchev–Trinajstić information content (AvgIpc) is 2.75. The summed E-state index contributed by atoms with van der Waals surface area (Å²) in [6.45, 7) is 0. The predicted octanol–water partition coefficient (Wildman–Crippen LogP) is 2.20. The molecule has 0 atom stereocenters. The van der Waals surface area contributed by atoms with Crippen LogP contribution in [0.3, 0.4) is 0 Å². The molecular weight excluding hydrogens is 154 g/mol. The second-order valence-corrected chi connectivity index (χ2v) is 3.72. The standard InChI is InChI=1S/C9H9NS/c1-2-3-8-6-11-9(10-8)7-4-5-7/h1,6-7H,3-5H2. The molecule has 2 heteroatoms. The van der Waals surface area contributed by atoms with Gasteiger partial charge in [0, 0.05) is 11.3 Å². The van der Waals surface area contributed by atoms with E-state index in [9.17, 15) is 0 Å². The quantitative estimate of drug-likeness (QED) is 0.609. The van der Waals surface area contributed by atoms with Crippen LogP contribution in [0.15, 0.2) is 5.38 Å². The molecule has 1 aromatic rings. The smallest absolute Gasteiger partial charge is 0.0959 e. The molecular formula is C9H9NS. The first-order chi connectivity index (χ1) is 5.40. The van der Waals surface area contributed by atoms with Crippen LogP contribution in [0.1, 0.15) is 29.5 Å². The lowest BCUT2D eigenvalue weighted by Gasteiger charge is -1.85.